The van der Waals surface area contributed by atoms with E-state index in [0.29, 0.717) is 6.61 Å². The maximum atomic E-state index is 10.4. The van der Waals surface area contributed by atoms with Crippen molar-refractivity contribution >= 4 is 7.60 Å². The van der Waals surface area contributed by atoms with Gasteiger partial charge in [-0.15, -0.1) is 0 Å². The third kappa shape index (κ3) is 12.2. The number of rotatable bonds is 4. The van der Waals surface area contributed by atoms with Crippen LogP contribution in [0.4, 0.5) is 0 Å². The molecule has 3 nitrogen and oxygen atoms in total. The maximum Gasteiger partial charge on any atom is 0.325 e. The zero-order valence-corrected chi connectivity index (χ0v) is 11.0. The summed E-state index contributed by atoms with van der Waals surface area (Å²) >= 11 is 0. The van der Waals surface area contributed by atoms with E-state index in [1.807, 2.05) is 6.92 Å². The molecule has 10 heavy (non-hydrogen) atoms. The molecule has 5 heteroatoms. The van der Waals surface area contributed by atoms with Gasteiger partial charge in [-0.3, -0.25) is 4.57 Å². The van der Waals surface area contributed by atoms with Crippen LogP contribution in [-0.2, 0) is 9.09 Å². The second kappa shape index (κ2) is 7.18. The van der Waals surface area contributed by atoms with Gasteiger partial charge in [0, 0.05) is 48.0 Å². The molecule has 0 saturated heterocycles. The van der Waals surface area contributed by atoms with E-state index in [1.165, 1.54) is 6.66 Å². The molecule has 0 aliphatic carbocycles. The molecule has 0 fully saturated rings. The van der Waals surface area contributed by atoms with Crippen LogP contribution in [0.5, 0.6) is 0 Å². The van der Waals surface area contributed by atoms with E-state index in [0.717, 1.165) is 12.8 Å². The molecule has 0 aromatic rings. The van der Waals surface area contributed by atoms with Crippen molar-refractivity contribution in [2.45, 2.75) is 19.8 Å². The van der Waals surface area contributed by atoms with Crippen LogP contribution in [0.3, 0.4) is 0 Å². The molecular formula is C5H13O3PPr. The number of hydrogen-bond acceptors (Lipinski definition) is 2. The van der Waals surface area contributed by atoms with Gasteiger partial charge in [0.1, 0.15) is 0 Å². The van der Waals surface area contributed by atoms with Crippen molar-refractivity contribution in [3.8, 4) is 0 Å². The Labute approximate surface area is 95.0 Å². The van der Waals surface area contributed by atoms with E-state index in [9.17, 15) is 4.57 Å². The average Bonchev–Trinajstić information content (AvgIpc) is 1.63. The summed E-state index contributed by atoms with van der Waals surface area (Å²) in [5.41, 5.74) is 0. The standard InChI is InChI=1S/C5H13O3P.Pr/c1-3-4-5-8-9(2,6)7;/h3-5H2,1-2H3,(H,6,7);. The van der Waals surface area contributed by atoms with Gasteiger partial charge in [0.25, 0.3) is 0 Å². The van der Waals surface area contributed by atoms with E-state index in [-0.39, 0.29) is 41.3 Å². The predicted octanol–water partition coefficient (Wildman–Crippen LogP) is 1.62. The zero-order chi connectivity index (χ0) is 7.33. The Morgan fingerprint density at radius 2 is 2.10 bits per heavy atom. The van der Waals surface area contributed by atoms with Gasteiger partial charge >= 0.3 is 7.60 Å². The summed E-state index contributed by atoms with van der Waals surface area (Å²) in [6.07, 6.45) is 1.83. The van der Waals surface area contributed by atoms with E-state index < -0.39 is 7.60 Å². The van der Waals surface area contributed by atoms with Crippen LogP contribution in [0.1, 0.15) is 19.8 Å². The first kappa shape index (κ1) is 14.1. The minimum absolute atomic E-state index is 0. The summed E-state index contributed by atoms with van der Waals surface area (Å²) in [6.45, 7) is 3.59. The molecule has 0 heterocycles. The Morgan fingerprint density at radius 1 is 1.60 bits per heavy atom. The second-order valence-corrected chi connectivity index (χ2v) is 3.85. The fourth-order valence-electron chi connectivity index (χ4n) is 0.378. The molecule has 0 bridgehead atoms. The summed E-state index contributed by atoms with van der Waals surface area (Å²) in [5.74, 6) is 0. The van der Waals surface area contributed by atoms with Gasteiger partial charge in [-0.1, -0.05) is 13.3 Å². The first-order valence-electron chi connectivity index (χ1n) is 3.01. The van der Waals surface area contributed by atoms with Crippen molar-refractivity contribution in [1.29, 1.82) is 0 Å². The van der Waals surface area contributed by atoms with E-state index >= 15 is 0 Å². The molecule has 0 saturated carbocycles. The monoisotopic (exact) mass is 293 g/mol. The summed E-state index contributed by atoms with van der Waals surface area (Å²) in [7, 11) is -3.20. The van der Waals surface area contributed by atoms with Gasteiger partial charge in [0.05, 0.1) is 6.61 Å². The largest absolute Gasteiger partial charge is 0.325 e. The van der Waals surface area contributed by atoms with Crippen molar-refractivity contribution < 1.29 is 55.3 Å². The SMILES string of the molecule is CCCCOP(C)(=O)O.[Pr]. The quantitative estimate of drug-likeness (QED) is 0.633. The van der Waals surface area contributed by atoms with Crippen LogP contribution in [-0.4, -0.2) is 18.2 Å². The topological polar surface area (TPSA) is 46.5 Å². The normalized spacial score (nSPS) is 15.5. The molecule has 1 atom stereocenters. The smallest absolute Gasteiger partial charge is 0.324 e. The van der Waals surface area contributed by atoms with Crippen LogP contribution in [0.25, 0.3) is 0 Å². The molecule has 0 rings (SSSR count). The molecule has 0 aliphatic rings. The molecule has 59 valence electrons. The van der Waals surface area contributed by atoms with Gasteiger partial charge in [-0.05, 0) is 6.42 Å². The van der Waals surface area contributed by atoms with Crippen LogP contribution in [0, 0.1) is 41.3 Å². The van der Waals surface area contributed by atoms with Gasteiger partial charge in [-0.2, -0.15) is 0 Å². The van der Waals surface area contributed by atoms with Crippen LogP contribution in [0.15, 0.2) is 0 Å². The molecule has 0 aliphatic heterocycles. The molecule has 1 unspecified atom stereocenters. The summed E-state index contributed by atoms with van der Waals surface area (Å²) in [5, 5.41) is 0. The molecule has 0 aromatic heterocycles. The van der Waals surface area contributed by atoms with Crippen molar-refractivity contribution in [3.05, 3.63) is 0 Å². The van der Waals surface area contributed by atoms with Crippen LogP contribution in [0.2, 0.25) is 0 Å². The first-order valence-corrected chi connectivity index (χ1v) is 5.03. The van der Waals surface area contributed by atoms with E-state index in [4.69, 9.17) is 4.89 Å². The summed E-state index contributed by atoms with van der Waals surface area (Å²) in [6, 6.07) is 0. The maximum absolute atomic E-state index is 10.4. The molecule has 0 amide bonds. The Morgan fingerprint density at radius 3 is 2.40 bits per heavy atom. The molecule has 1 radical (unpaired) electrons. The fourth-order valence-corrected chi connectivity index (χ4v) is 0.846. The fraction of sp³-hybridized carbons (Fsp3) is 1.00. The second-order valence-electron chi connectivity index (χ2n) is 1.99. The van der Waals surface area contributed by atoms with Crippen molar-refractivity contribution in [1.82, 2.24) is 0 Å². The molecule has 0 aromatic carbocycles. The average molecular weight is 293 g/mol. The van der Waals surface area contributed by atoms with Gasteiger partial charge in [0.2, 0.25) is 0 Å². The predicted molar refractivity (Wildman–Crippen MR) is 36.6 cm³/mol. The Hall–Kier alpha value is 1.51. The van der Waals surface area contributed by atoms with Crippen molar-refractivity contribution in [2.24, 2.45) is 0 Å². The first-order chi connectivity index (χ1) is 4.06. The van der Waals surface area contributed by atoms with Gasteiger partial charge in [-0.25, -0.2) is 0 Å². The van der Waals surface area contributed by atoms with Crippen molar-refractivity contribution in [2.75, 3.05) is 13.3 Å². The minimum atomic E-state index is -3.20. The zero-order valence-electron chi connectivity index (χ0n) is 6.41. The molecule has 1 N–H and O–H groups in total. The van der Waals surface area contributed by atoms with E-state index in [2.05, 4.69) is 4.52 Å². The van der Waals surface area contributed by atoms with Gasteiger partial charge in [0.15, 0.2) is 0 Å². The minimum Gasteiger partial charge on any atom is -0.324 e. The third-order valence-electron chi connectivity index (χ3n) is 0.829. The Kier molecular flexibility index (Phi) is 10.1. The van der Waals surface area contributed by atoms with E-state index in [1.54, 1.807) is 0 Å². The summed E-state index contributed by atoms with van der Waals surface area (Å²) < 4.78 is 15.0. The van der Waals surface area contributed by atoms with Gasteiger partial charge < -0.3 is 9.42 Å². The Bertz CT molecular complexity index is 111. The molecule has 0 spiro atoms. The third-order valence-corrected chi connectivity index (χ3v) is 1.49. The number of hydrogen-bond donors (Lipinski definition) is 1. The van der Waals surface area contributed by atoms with Crippen LogP contribution >= 0.6 is 7.60 Å². The summed E-state index contributed by atoms with van der Waals surface area (Å²) in [4.78, 5) is 8.58. The molecular weight excluding hydrogens is 280 g/mol. The van der Waals surface area contributed by atoms with Crippen molar-refractivity contribution in [3.63, 3.8) is 0 Å². The number of unbranched alkanes of at least 4 members (excludes halogenated alkanes) is 1. The Balaban J connectivity index is 0. The van der Waals surface area contributed by atoms with Crippen LogP contribution < -0.4 is 0 Å².